The van der Waals surface area contributed by atoms with Crippen LogP contribution in [0.25, 0.3) is 67.3 Å². The molecule has 0 saturated carbocycles. The number of hydrogen-bond donors (Lipinski definition) is 0. The Labute approximate surface area is 264 Å². The summed E-state index contributed by atoms with van der Waals surface area (Å²) in [7, 11) is 0. The third kappa shape index (κ3) is 4.76. The molecule has 6 aromatic carbocycles. The summed E-state index contributed by atoms with van der Waals surface area (Å²) in [5, 5.41) is 0. The molecule has 1 aromatic heterocycles. The topological polar surface area (TPSA) is 25.8 Å². The lowest BCUT2D eigenvalue weighted by Crippen LogP contribution is -2.14. The maximum absolute atomic E-state index is 4.99. The highest BCUT2D eigenvalue weighted by atomic mass is 14.9. The smallest absolute Gasteiger partial charge is 0.160 e. The molecule has 0 fully saturated rings. The van der Waals surface area contributed by atoms with Crippen molar-refractivity contribution in [3.63, 3.8) is 0 Å². The number of nitrogens with zero attached hydrogens (tertiary/aromatic N) is 2. The molecule has 7 aromatic rings. The average Bonchev–Trinajstić information content (AvgIpc) is 3.35. The summed E-state index contributed by atoms with van der Waals surface area (Å²) < 4.78 is 0. The molecule has 1 aliphatic rings. The highest BCUT2D eigenvalue weighted by molar-refractivity contribution is 5.92. The fourth-order valence-electron chi connectivity index (χ4n) is 6.74. The summed E-state index contributed by atoms with van der Waals surface area (Å²) >= 11 is 0. The second-order valence-corrected chi connectivity index (χ2v) is 12.2. The molecule has 0 bridgehead atoms. The number of hydrogen-bond acceptors (Lipinski definition) is 2. The van der Waals surface area contributed by atoms with Gasteiger partial charge in [-0.05, 0) is 50.6 Å². The van der Waals surface area contributed by atoms with Crippen molar-refractivity contribution in [3.8, 4) is 67.3 Å². The van der Waals surface area contributed by atoms with Crippen molar-refractivity contribution in [2.24, 2.45) is 0 Å². The predicted molar refractivity (Wildman–Crippen MR) is 187 cm³/mol. The summed E-state index contributed by atoms with van der Waals surface area (Å²) in [4.78, 5) is 9.98. The molecule has 2 nitrogen and oxygen atoms in total. The van der Waals surface area contributed by atoms with Crippen molar-refractivity contribution in [1.82, 2.24) is 9.97 Å². The molecule has 1 heterocycles. The average molecular weight is 577 g/mol. The first-order chi connectivity index (χ1) is 22.1. The van der Waals surface area contributed by atoms with Gasteiger partial charge in [0.25, 0.3) is 0 Å². The Bertz CT molecular complexity index is 2090. The third-order valence-electron chi connectivity index (χ3n) is 9.15. The van der Waals surface area contributed by atoms with Gasteiger partial charge in [0.05, 0.1) is 11.4 Å². The van der Waals surface area contributed by atoms with Crippen molar-refractivity contribution in [1.29, 1.82) is 0 Å². The Balaban J connectivity index is 1.13. The number of rotatable bonds is 5. The van der Waals surface area contributed by atoms with Gasteiger partial charge in [-0.25, -0.2) is 9.97 Å². The summed E-state index contributed by atoms with van der Waals surface area (Å²) in [5.74, 6) is 0.721. The molecule has 0 saturated heterocycles. The predicted octanol–water partition coefficient (Wildman–Crippen LogP) is 11.1. The largest absolute Gasteiger partial charge is 0.228 e. The van der Waals surface area contributed by atoms with Gasteiger partial charge in [-0.1, -0.05) is 166 Å². The minimum atomic E-state index is -0.00416. The van der Waals surface area contributed by atoms with Crippen molar-refractivity contribution >= 4 is 0 Å². The van der Waals surface area contributed by atoms with E-state index in [0.29, 0.717) is 0 Å². The summed E-state index contributed by atoms with van der Waals surface area (Å²) in [5.41, 5.74) is 15.4. The number of aromatic nitrogens is 2. The minimum absolute atomic E-state index is 0.00416. The molecule has 0 N–H and O–H groups in total. The molecule has 0 amide bonds. The Morgan fingerprint density at radius 1 is 0.378 bits per heavy atom. The van der Waals surface area contributed by atoms with Crippen LogP contribution in [-0.4, -0.2) is 9.97 Å². The monoisotopic (exact) mass is 576 g/mol. The molecule has 0 unspecified atom stereocenters. The van der Waals surface area contributed by atoms with Crippen LogP contribution in [0, 0.1) is 0 Å². The zero-order valence-corrected chi connectivity index (χ0v) is 25.4. The molecule has 45 heavy (non-hydrogen) atoms. The lowest BCUT2D eigenvalue weighted by atomic mass is 9.82. The Kier molecular flexibility index (Phi) is 6.50. The van der Waals surface area contributed by atoms with E-state index in [0.717, 1.165) is 39.5 Å². The maximum Gasteiger partial charge on any atom is 0.160 e. The SMILES string of the molecule is CC1(C)c2ccccc2-c2c(-c3ccc(-c4ccc(-c5nc(-c6ccccc6)cc(-c6ccccc6)n5)cc4)cc3)cccc21. The molecule has 0 aliphatic heterocycles. The van der Waals surface area contributed by atoms with Crippen molar-refractivity contribution in [2.45, 2.75) is 19.3 Å². The molecule has 214 valence electrons. The number of benzene rings is 6. The van der Waals surface area contributed by atoms with Crippen molar-refractivity contribution in [2.75, 3.05) is 0 Å². The van der Waals surface area contributed by atoms with Gasteiger partial charge in [0.2, 0.25) is 0 Å². The van der Waals surface area contributed by atoms with Gasteiger partial charge in [0, 0.05) is 22.1 Å². The Hall–Kier alpha value is -5.60. The lowest BCUT2D eigenvalue weighted by Gasteiger charge is -2.21. The van der Waals surface area contributed by atoms with Gasteiger partial charge in [-0.2, -0.15) is 0 Å². The zero-order chi connectivity index (χ0) is 30.4. The van der Waals surface area contributed by atoms with Crippen LogP contribution in [0.15, 0.2) is 158 Å². The van der Waals surface area contributed by atoms with Crippen LogP contribution in [0.2, 0.25) is 0 Å². The number of fused-ring (bicyclic) bond motifs is 3. The molecule has 1 aliphatic carbocycles. The first-order valence-corrected chi connectivity index (χ1v) is 15.5. The van der Waals surface area contributed by atoms with E-state index in [4.69, 9.17) is 9.97 Å². The molecular formula is C43H32N2. The molecule has 0 spiro atoms. The van der Waals surface area contributed by atoms with Gasteiger partial charge in [-0.3, -0.25) is 0 Å². The second-order valence-electron chi connectivity index (χ2n) is 12.2. The van der Waals surface area contributed by atoms with Crippen LogP contribution < -0.4 is 0 Å². The van der Waals surface area contributed by atoms with E-state index < -0.39 is 0 Å². The molecule has 8 rings (SSSR count). The highest BCUT2D eigenvalue weighted by Gasteiger charge is 2.36. The van der Waals surface area contributed by atoms with Crippen LogP contribution in [0.5, 0.6) is 0 Å². The standard InChI is InChI=1S/C43H32N2/c1-43(2)37-18-10-9-16-36(37)41-35(17-11-19-38(41)43)31-24-20-29(21-25-31)30-22-26-34(27-23-30)42-44-39(32-12-5-3-6-13-32)28-40(45-42)33-14-7-4-8-15-33/h3-28H,1-2H3. The van der Waals surface area contributed by atoms with E-state index in [1.807, 2.05) is 36.4 Å². The van der Waals surface area contributed by atoms with Crippen molar-refractivity contribution in [3.05, 3.63) is 169 Å². The first kappa shape index (κ1) is 27.0. The maximum atomic E-state index is 4.99. The fourth-order valence-corrected chi connectivity index (χ4v) is 6.74. The van der Waals surface area contributed by atoms with Gasteiger partial charge in [0.1, 0.15) is 0 Å². The van der Waals surface area contributed by atoms with Gasteiger partial charge < -0.3 is 0 Å². The second kappa shape index (κ2) is 10.8. The van der Waals surface area contributed by atoms with Crippen molar-refractivity contribution < 1.29 is 0 Å². The highest BCUT2D eigenvalue weighted by Crippen LogP contribution is 2.51. The molecule has 0 atom stereocenters. The minimum Gasteiger partial charge on any atom is -0.228 e. The Morgan fingerprint density at radius 2 is 0.844 bits per heavy atom. The van der Waals surface area contributed by atoms with Crippen LogP contribution in [0.3, 0.4) is 0 Å². The fraction of sp³-hybridized carbons (Fsp3) is 0.0698. The van der Waals surface area contributed by atoms with E-state index in [1.165, 1.54) is 38.9 Å². The zero-order valence-electron chi connectivity index (χ0n) is 25.4. The van der Waals surface area contributed by atoms with Gasteiger partial charge in [0.15, 0.2) is 5.82 Å². The summed E-state index contributed by atoms with van der Waals surface area (Å²) in [6.45, 7) is 4.67. The Morgan fingerprint density at radius 3 is 1.44 bits per heavy atom. The van der Waals surface area contributed by atoms with Crippen LogP contribution in [0.4, 0.5) is 0 Å². The first-order valence-electron chi connectivity index (χ1n) is 15.5. The van der Waals surface area contributed by atoms with Gasteiger partial charge >= 0.3 is 0 Å². The quantitative estimate of drug-likeness (QED) is 0.204. The summed E-state index contributed by atoms with van der Waals surface area (Å²) in [6.07, 6.45) is 0. The van der Waals surface area contributed by atoms with E-state index >= 15 is 0 Å². The van der Waals surface area contributed by atoms with Crippen LogP contribution in [-0.2, 0) is 5.41 Å². The third-order valence-corrected chi connectivity index (χ3v) is 9.15. The van der Waals surface area contributed by atoms with E-state index in [2.05, 4.69) is 135 Å². The molecule has 2 heteroatoms. The van der Waals surface area contributed by atoms with Gasteiger partial charge in [-0.15, -0.1) is 0 Å². The summed E-state index contributed by atoms with van der Waals surface area (Å²) in [6, 6.07) is 55.9. The van der Waals surface area contributed by atoms with E-state index in [9.17, 15) is 0 Å². The van der Waals surface area contributed by atoms with Crippen LogP contribution >= 0.6 is 0 Å². The lowest BCUT2D eigenvalue weighted by molar-refractivity contribution is 0.660. The van der Waals surface area contributed by atoms with E-state index in [-0.39, 0.29) is 5.41 Å². The molecular weight excluding hydrogens is 544 g/mol. The van der Waals surface area contributed by atoms with Crippen LogP contribution in [0.1, 0.15) is 25.0 Å². The molecule has 0 radical (unpaired) electrons. The normalized spacial score (nSPS) is 12.8. The van der Waals surface area contributed by atoms with E-state index in [1.54, 1.807) is 0 Å².